The predicted octanol–water partition coefficient (Wildman–Crippen LogP) is -0.215. The van der Waals surface area contributed by atoms with Crippen molar-refractivity contribution in [3.05, 3.63) is 11.8 Å². The maximum Gasteiger partial charge on any atom is 0.242 e. The van der Waals surface area contributed by atoms with Gasteiger partial charge in [0.15, 0.2) is 0 Å². The second kappa shape index (κ2) is 5.18. The molecule has 1 saturated heterocycles. The number of nitrogens with one attached hydrogen (secondary N) is 2. The Morgan fingerprint density at radius 2 is 2.44 bits per heavy atom. The van der Waals surface area contributed by atoms with E-state index in [0.29, 0.717) is 12.5 Å². The van der Waals surface area contributed by atoms with E-state index in [0.717, 1.165) is 24.3 Å². The molecule has 0 saturated carbocycles. The number of hydrogen-bond donors (Lipinski definition) is 3. The number of amides is 1. The minimum Gasteiger partial charge on any atom is -0.353 e. The number of nitrogen functional groups attached to an aromatic ring is 1. The first-order valence-electron chi connectivity index (χ1n) is 6.02. The van der Waals surface area contributed by atoms with Crippen LogP contribution in [0.25, 0.3) is 0 Å². The number of rotatable bonds is 3. The van der Waals surface area contributed by atoms with Gasteiger partial charge in [-0.2, -0.15) is 4.98 Å². The van der Waals surface area contributed by atoms with Gasteiger partial charge in [0.2, 0.25) is 11.9 Å². The second-order valence-corrected chi connectivity index (χ2v) is 4.25. The topological polar surface area (TPSA) is 96.2 Å². The van der Waals surface area contributed by atoms with E-state index in [-0.39, 0.29) is 11.9 Å². The van der Waals surface area contributed by atoms with Crippen LogP contribution in [-0.4, -0.2) is 35.0 Å². The SMILES string of the molecule is CCC1C(=O)NCCN1c1nc(NN)ncc1C. The van der Waals surface area contributed by atoms with Gasteiger partial charge in [0.05, 0.1) is 0 Å². The highest BCUT2D eigenvalue weighted by Gasteiger charge is 2.30. The van der Waals surface area contributed by atoms with E-state index in [1.165, 1.54) is 0 Å². The fraction of sp³-hybridized carbons (Fsp3) is 0.545. The van der Waals surface area contributed by atoms with Crippen LogP contribution in [0.3, 0.4) is 0 Å². The number of aryl methyl sites for hydroxylation is 1. The monoisotopic (exact) mass is 250 g/mol. The third-order valence-corrected chi connectivity index (χ3v) is 3.06. The Labute approximate surface area is 106 Å². The highest BCUT2D eigenvalue weighted by molar-refractivity contribution is 5.86. The zero-order chi connectivity index (χ0) is 13.1. The Morgan fingerprint density at radius 3 is 3.11 bits per heavy atom. The molecule has 1 aromatic rings. The highest BCUT2D eigenvalue weighted by atomic mass is 16.2. The van der Waals surface area contributed by atoms with Gasteiger partial charge in [-0.1, -0.05) is 6.92 Å². The van der Waals surface area contributed by atoms with E-state index in [1.54, 1.807) is 6.20 Å². The fourth-order valence-corrected chi connectivity index (χ4v) is 2.17. The Hall–Kier alpha value is -1.89. The number of anilines is 2. The number of nitrogens with zero attached hydrogens (tertiary/aromatic N) is 3. The summed E-state index contributed by atoms with van der Waals surface area (Å²) < 4.78 is 0. The Morgan fingerprint density at radius 1 is 1.67 bits per heavy atom. The summed E-state index contributed by atoms with van der Waals surface area (Å²) in [5.74, 6) is 6.49. The van der Waals surface area contributed by atoms with Gasteiger partial charge in [-0.05, 0) is 13.3 Å². The van der Waals surface area contributed by atoms with Crippen LogP contribution < -0.4 is 21.5 Å². The number of piperazine rings is 1. The van der Waals surface area contributed by atoms with E-state index >= 15 is 0 Å². The molecule has 7 heteroatoms. The Kier molecular flexibility index (Phi) is 3.61. The highest BCUT2D eigenvalue weighted by Crippen LogP contribution is 2.22. The largest absolute Gasteiger partial charge is 0.353 e. The number of hydrazine groups is 1. The molecule has 1 unspecified atom stereocenters. The summed E-state index contributed by atoms with van der Waals surface area (Å²) in [6.45, 7) is 5.28. The Bertz CT molecular complexity index is 449. The van der Waals surface area contributed by atoms with E-state index in [2.05, 4.69) is 20.7 Å². The molecule has 2 heterocycles. The summed E-state index contributed by atoms with van der Waals surface area (Å²) in [6.07, 6.45) is 2.44. The molecule has 98 valence electrons. The van der Waals surface area contributed by atoms with Crippen LogP contribution in [0.5, 0.6) is 0 Å². The maximum atomic E-state index is 11.8. The first kappa shape index (κ1) is 12.6. The van der Waals surface area contributed by atoms with Crippen LogP contribution in [0.2, 0.25) is 0 Å². The predicted molar refractivity (Wildman–Crippen MR) is 69.0 cm³/mol. The van der Waals surface area contributed by atoms with Crippen molar-refractivity contribution in [1.29, 1.82) is 0 Å². The number of carbonyl (C=O) groups is 1. The van der Waals surface area contributed by atoms with Gasteiger partial charge >= 0.3 is 0 Å². The lowest BCUT2D eigenvalue weighted by atomic mass is 10.1. The smallest absolute Gasteiger partial charge is 0.242 e. The standard InChI is InChI=1S/C11H18N6O/c1-3-8-10(18)13-4-5-17(8)9-7(2)6-14-11(15-9)16-12/h6,8H,3-5,12H2,1-2H3,(H,13,18)(H,14,15,16). The molecule has 0 spiro atoms. The number of hydrogen-bond acceptors (Lipinski definition) is 6. The quantitative estimate of drug-likeness (QED) is 0.507. The zero-order valence-electron chi connectivity index (χ0n) is 10.6. The van der Waals surface area contributed by atoms with Gasteiger partial charge in [-0.3, -0.25) is 10.2 Å². The Balaban J connectivity index is 2.36. The van der Waals surface area contributed by atoms with E-state index in [4.69, 9.17) is 5.84 Å². The molecule has 0 aromatic carbocycles. The normalized spacial score (nSPS) is 19.6. The summed E-state index contributed by atoms with van der Waals surface area (Å²) in [5, 5.41) is 2.87. The van der Waals surface area contributed by atoms with Crippen LogP contribution in [0, 0.1) is 6.92 Å². The van der Waals surface area contributed by atoms with Gasteiger partial charge in [0.1, 0.15) is 11.9 Å². The van der Waals surface area contributed by atoms with Crippen LogP contribution in [0.15, 0.2) is 6.20 Å². The molecule has 0 aliphatic carbocycles. The second-order valence-electron chi connectivity index (χ2n) is 4.25. The minimum atomic E-state index is -0.182. The van der Waals surface area contributed by atoms with Gasteiger partial charge in [-0.15, -0.1) is 0 Å². The molecular weight excluding hydrogens is 232 g/mol. The van der Waals surface area contributed by atoms with Gasteiger partial charge < -0.3 is 10.2 Å². The molecule has 0 bridgehead atoms. The van der Waals surface area contributed by atoms with E-state index in [1.807, 2.05) is 18.7 Å². The van der Waals surface area contributed by atoms with Crippen LogP contribution in [0.1, 0.15) is 18.9 Å². The average molecular weight is 250 g/mol. The summed E-state index contributed by atoms with van der Waals surface area (Å²) in [7, 11) is 0. The fourth-order valence-electron chi connectivity index (χ4n) is 2.17. The third kappa shape index (κ3) is 2.21. The molecular formula is C11H18N6O. The number of nitrogens with two attached hydrogens (primary N) is 1. The molecule has 1 atom stereocenters. The minimum absolute atomic E-state index is 0.0454. The molecule has 7 nitrogen and oxygen atoms in total. The first-order valence-corrected chi connectivity index (χ1v) is 6.02. The van der Waals surface area contributed by atoms with Crippen molar-refractivity contribution < 1.29 is 4.79 Å². The summed E-state index contributed by atoms with van der Waals surface area (Å²) in [4.78, 5) is 22.2. The molecule has 18 heavy (non-hydrogen) atoms. The maximum absolute atomic E-state index is 11.8. The van der Waals surface area contributed by atoms with Gasteiger partial charge in [0.25, 0.3) is 0 Å². The van der Waals surface area contributed by atoms with Crippen LogP contribution in [-0.2, 0) is 4.79 Å². The lowest BCUT2D eigenvalue weighted by Gasteiger charge is -2.36. The van der Waals surface area contributed by atoms with Gasteiger partial charge in [-0.25, -0.2) is 10.8 Å². The van der Waals surface area contributed by atoms with Crippen molar-refractivity contribution in [1.82, 2.24) is 15.3 Å². The van der Waals surface area contributed by atoms with Crippen molar-refractivity contribution in [3.8, 4) is 0 Å². The number of carbonyl (C=O) groups excluding carboxylic acids is 1. The molecule has 1 amide bonds. The summed E-state index contributed by atoms with van der Waals surface area (Å²) in [5.41, 5.74) is 3.36. The number of aromatic nitrogens is 2. The average Bonchev–Trinajstić information content (AvgIpc) is 2.39. The molecule has 1 aromatic heterocycles. The molecule has 4 N–H and O–H groups in total. The molecule has 0 radical (unpaired) electrons. The summed E-state index contributed by atoms with van der Waals surface area (Å²) >= 11 is 0. The van der Waals surface area contributed by atoms with Crippen molar-refractivity contribution in [2.45, 2.75) is 26.3 Å². The van der Waals surface area contributed by atoms with Crippen molar-refractivity contribution in [3.63, 3.8) is 0 Å². The lowest BCUT2D eigenvalue weighted by molar-refractivity contribution is -0.123. The zero-order valence-corrected chi connectivity index (χ0v) is 10.6. The lowest BCUT2D eigenvalue weighted by Crippen LogP contribution is -2.55. The third-order valence-electron chi connectivity index (χ3n) is 3.06. The molecule has 1 fully saturated rings. The van der Waals surface area contributed by atoms with Gasteiger partial charge in [0, 0.05) is 24.8 Å². The van der Waals surface area contributed by atoms with E-state index in [9.17, 15) is 4.79 Å². The van der Waals surface area contributed by atoms with Crippen LogP contribution in [0.4, 0.5) is 11.8 Å². The first-order chi connectivity index (χ1) is 8.67. The summed E-state index contributed by atoms with van der Waals surface area (Å²) in [6, 6.07) is -0.182. The van der Waals surface area contributed by atoms with Crippen molar-refractivity contribution in [2.24, 2.45) is 5.84 Å². The van der Waals surface area contributed by atoms with E-state index < -0.39 is 0 Å². The molecule has 1 aliphatic heterocycles. The molecule has 2 rings (SSSR count). The van der Waals surface area contributed by atoms with Crippen molar-refractivity contribution >= 4 is 17.7 Å². The molecule has 1 aliphatic rings. The van der Waals surface area contributed by atoms with Crippen molar-refractivity contribution in [2.75, 3.05) is 23.4 Å². The van der Waals surface area contributed by atoms with Crippen LogP contribution >= 0.6 is 0 Å².